The van der Waals surface area contributed by atoms with Gasteiger partial charge in [0, 0.05) is 26.2 Å². The number of hydrogen-bond donors (Lipinski definition) is 0. The number of ether oxygens (including phenoxy) is 6. The molecule has 1 aliphatic carbocycles. The Kier molecular flexibility index (Phi) is 11.8. The Balaban J connectivity index is 1.41. The van der Waals surface area contributed by atoms with Crippen LogP contribution in [0.15, 0.2) is 12.7 Å². The van der Waals surface area contributed by atoms with Gasteiger partial charge in [0.2, 0.25) is 0 Å². The molecule has 0 aromatic carbocycles. The van der Waals surface area contributed by atoms with Crippen molar-refractivity contribution in [2.75, 3.05) is 19.8 Å². The maximum atomic E-state index is 6.66. The van der Waals surface area contributed by atoms with Crippen LogP contribution in [0.2, 0.25) is 0 Å². The first-order valence-electron chi connectivity index (χ1n) is 14.7. The summed E-state index contributed by atoms with van der Waals surface area (Å²) in [5, 5.41) is 0. The fraction of sp³-hybridized carbons (Fsp3) is 0.931. The van der Waals surface area contributed by atoms with Crippen LogP contribution in [0.4, 0.5) is 0 Å². The summed E-state index contributed by atoms with van der Waals surface area (Å²) in [5.74, 6) is 0.794. The summed E-state index contributed by atoms with van der Waals surface area (Å²) in [5.41, 5.74) is 0. The average molecular weight is 495 g/mol. The zero-order valence-corrected chi connectivity index (χ0v) is 22.1. The molecule has 3 unspecified atom stereocenters. The Morgan fingerprint density at radius 3 is 1.86 bits per heavy atom. The third kappa shape index (κ3) is 8.51. The topological polar surface area (TPSA) is 55.4 Å². The van der Waals surface area contributed by atoms with Crippen molar-refractivity contribution in [3.05, 3.63) is 12.7 Å². The lowest BCUT2D eigenvalue weighted by Gasteiger charge is -2.33. The summed E-state index contributed by atoms with van der Waals surface area (Å²) in [6.45, 7) is 8.78. The number of hydrogen-bond acceptors (Lipinski definition) is 6. The van der Waals surface area contributed by atoms with Gasteiger partial charge < -0.3 is 28.4 Å². The fourth-order valence-electron chi connectivity index (χ4n) is 6.40. The third-order valence-corrected chi connectivity index (χ3v) is 8.25. The second-order valence-corrected chi connectivity index (χ2v) is 10.9. The van der Waals surface area contributed by atoms with E-state index < -0.39 is 0 Å². The van der Waals surface area contributed by atoms with Crippen LogP contribution in [0, 0.1) is 11.8 Å². The van der Waals surface area contributed by atoms with Crippen molar-refractivity contribution in [2.45, 2.75) is 140 Å². The number of rotatable bonds is 13. The number of allylic oxidation sites excluding steroid dienone is 1. The highest BCUT2D eigenvalue weighted by atomic mass is 16.7. The van der Waals surface area contributed by atoms with Crippen LogP contribution in [-0.4, -0.2) is 57.0 Å². The molecule has 0 N–H and O–H groups in total. The Morgan fingerprint density at radius 1 is 0.771 bits per heavy atom. The molecule has 3 aliphatic heterocycles. The smallest absolute Gasteiger partial charge is 0.157 e. The van der Waals surface area contributed by atoms with Gasteiger partial charge in [0.05, 0.1) is 18.3 Å². The first kappa shape index (κ1) is 27.5. The maximum Gasteiger partial charge on any atom is 0.157 e. The van der Waals surface area contributed by atoms with E-state index in [1.165, 1.54) is 19.3 Å². The Morgan fingerprint density at radius 2 is 1.34 bits per heavy atom. The van der Waals surface area contributed by atoms with E-state index in [9.17, 15) is 0 Å². The van der Waals surface area contributed by atoms with Gasteiger partial charge in [-0.2, -0.15) is 0 Å². The molecule has 8 atom stereocenters. The molecule has 4 rings (SSSR count). The molecule has 0 bridgehead atoms. The first-order valence-corrected chi connectivity index (χ1v) is 14.7. The van der Waals surface area contributed by atoms with Crippen LogP contribution >= 0.6 is 0 Å². The summed E-state index contributed by atoms with van der Waals surface area (Å²) in [4.78, 5) is 0. The third-order valence-electron chi connectivity index (χ3n) is 8.25. The van der Waals surface area contributed by atoms with Crippen molar-refractivity contribution >= 4 is 0 Å². The van der Waals surface area contributed by atoms with Gasteiger partial charge >= 0.3 is 0 Å². The second kappa shape index (κ2) is 15.0. The van der Waals surface area contributed by atoms with E-state index in [0.717, 1.165) is 96.9 Å². The average Bonchev–Trinajstić information content (AvgIpc) is 3.20. The largest absolute Gasteiger partial charge is 0.353 e. The SMILES string of the molecule is C=CC[C@@H]1[C@@H](CC[C@H](CCC)OC2CCCCO2)[C@H](OC2CCCCO2)C[C@@H]1OC1CCCCO1. The molecule has 202 valence electrons. The van der Waals surface area contributed by atoms with Crippen molar-refractivity contribution in [3.63, 3.8) is 0 Å². The predicted octanol–water partition coefficient (Wildman–Crippen LogP) is 6.51. The molecule has 3 heterocycles. The van der Waals surface area contributed by atoms with Gasteiger partial charge in [0.25, 0.3) is 0 Å². The molecule has 4 aliphatic rings. The standard InChI is InChI=1S/C29H50O6/c1-3-11-22(33-27-13-5-8-18-30-27)16-17-24-23(12-4-2)25(34-28-14-6-9-19-31-28)21-26(24)35-29-15-7-10-20-32-29/h4,22-29H,2-3,5-21H2,1H3/t22-,23+,24+,25-,26+,27?,28?,29?/m0/s1. The molecule has 1 saturated carbocycles. The van der Waals surface area contributed by atoms with Crippen molar-refractivity contribution < 1.29 is 28.4 Å². The molecule has 0 spiro atoms. The molecule has 35 heavy (non-hydrogen) atoms. The minimum atomic E-state index is -0.0800. The molecular weight excluding hydrogens is 444 g/mol. The van der Waals surface area contributed by atoms with E-state index in [4.69, 9.17) is 28.4 Å². The maximum absolute atomic E-state index is 6.66. The Bertz CT molecular complexity index is 582. The van der Waals surface area contributed by atoms with E-state index in [-0.39, 0.29) is 37.2 Å². The van der Waals surface area contributed by atoms with Crippen molar-refractivity contribution in [3.8, 4) is 0 Å². The lowest BCUT2D eigenvalue weighted by molar-refractivity contribution is -0.205. The minimum Gasteiger partial charge on any atom is -0.353 e. The van der Waals surface area contributed by atoms with Gasteiger partial charge in [0.15, 0.2) is 18.9 Å². The lowest BCUT2D eigenvalue weighted by Crippen LogP contribution is -2.33. The van der Waals surface area contributed by atoms with Crippen LogP contribution in [-0.2, 0) is 28.4 Å². The van der Waals surface area contributed by atoms with E-state index in [1.807, 2.05) is 0 Å². The summed E-state index contributed by atoms with van der Waals surface area (Å²) in [7, 11) is 0. The molecule has 6 heteroatoms. The summed E-state index contributed by atoms with van der Waals surface area (Å²) in [6, 6.07) is 0. The van der Waals surface area contributed by atoms with Gasteiger partial charge in [-0.25, -0.2) is 0 Å². The van der Waals surface area contributed by atoms with Gasteiger partial charge in [-0.15, -0.1) is 6.58 Å². The van der Waals surface area contributed by atoms with E-state index in [0.29, 0.717) is 11.8 Å². The van der Waals surface area contributed by atoms with Crippen molar-refractivity contribution in [1.29, 1.82) is 0 Å². The normalized spacial score (nSPS) is 37.2. The summed E-state index contributed by atoms with van der Waals surface area (Å²) in [6.07, 6.45) is 18.5. The van der Waals surface area contributed by atoms with Gasteiger partial charge in [-0.1, -0.05) is 19.4 Å². The first-order chi connectivity index (χ1) is 17.3. The van der Waals surface area contributed by atoms with Crippen LogP contribution in [0.25, 0.3) is 0 Å². The van der Waals surface area contributed by atoms with Gasteiger partial charge in [0.1, 0.15) is 0 Å². The highest BCUT2D eigenvalue weighted by molar-refractivity contribution is 4.96. The fourth-order valence-corrected chi connectivity index (χ4v) is 6.40. The van der Waals surface area contributed by atoms with Crippen molar-refractivity contribution in [2.24, 2.45) is 11.8 Å². The lowest BCUT2D eigenvalue weighted by atomic mass is 9.85. The molecule has 0 aromatic rings. The van der Waals surface area contributed by atoms with Gasteiger partial charge in [-0.05, 0) is 95.3 Å². The van der Waals surface area contributed by atoms with Crippen molar-refractivity contribution in [1.82, 2.24) is 0 Å². The molecule has 4 fully saturated rings. The van der Waals surface area contributed by atoms with Crippen LogP contribution in [0.1, 0.15) is 103 Å². The quantitative estimate of drug-likeness (QED) is 0.272. The molecular formula is C29H50O6. The second-order valence-electron chi connectivity index (χ2n) is 10.9. The molecule has 6 nitrogen and oxygen atoms in total. The van der Waals surface area contributed by atoms with Crippen LogP contribution < -0.4 is 0 Å². The molecule has 0 aromatic heterocycles. The monoisotopic (exact) mass is 494 g/mol. The molecule has 0 radical (unpaired) electrons. The highest BCUT2D eigenvalue weighted by Crippen LogP contribution is 2.44. The Hall–Kier alpha value is -0.500. The zero-order chi connectivity index (χ0) is 24.3. The van der Waals surface area contributed by atoms with E-state index in [2.05, 4.69) is 19.6 Å². The summed E-state index contributed by atoms with van der Waals surface area (Å²) >= 11 is 0. The van der Waals surface area contributed by atoms with Crippen LogP contribution in [0.3, 0.4) is 0 Å². The minimum absolute atomic E-state index is 0.0323. The predicted molar refractivity (Wildman–Crippen MR) is 136 cm³/mol. The van der Waals surface area contributed by atoms with E-state index >= 15 is 0 Å². The Labute approximate surface area is 213 Å². The van der Waals surface area contributed by atoms with Gasteiger partial charge in [-0.3, -0.25) is 0 Å². The highest BCUT2D eigenvalue weighted by Gasteiger charge is 2.46. The van der Waals surface area contributed by atoms with Crippen LogP contribution in [0.5, 0.6) is 0 Å². The zero-order valence-electron chi connectivity index (χ0n) is 22.1. The van der Waals surface area contributed by atoms with E-state index in [1.54, 1.807) is 0 Å². The summed E-state index contributed by atoms with van der Waals surface area (Å²) < 4.78 is 37.6. The molecule has 0 amide bonds. The molecule has 3 saturated heterocycles.